The summed E-state index contributed by atoms with van der Waals surface area (Å²) in [7, 11) is 0. The van der Waals surface area contributed by atoms with Gasteiger partial charge in [0.1, 0.15) is 0 Å². The molecule has 0 amide bonds. The molecule has 2 aromatic rings. The Morgan fingerprint density at radius 1 is 1.05 bits per heavy atom. The van der Waals surface area contributed by atoms with E-state index in [4.69, 9.17) is 0 Å². The molecule has 0 radical (unpaired) electrons. The summed E-state index contributed by atoms with van der Waals surface area (Å²) < 4.78 is 1.19. The molecule has 2 aromatic carbocycles. The Kier molecular flexibility index (Phi) is 5.38. The van der Waals surface area contributed by atoms with Crippen LogP contribution in [0.15, 0.2) is 46.9 Å². The molecule has 0 aliphatic carbocycles. The molecule has 1 atom stereocenters. The molecular formula is C18H22BrN. The van der Waals surface area contributed by atoms with Gasteiger partial charge >= 0.3 is 0 Å². The summed E-state index contributed by atoms with van der Waals surface area (Å²) in [5, 5.41) is 3.60. The first-order chi connectivity index (χ1) is 9.56. The number of aryl methyl sites for hydroxylation is 2. The van der Waals surface area contributed by atoms with Crippen molar-refractivity contribution in [2.24, 2.45) is 0 Å². The smallest absolute Gasteiger partial charge is 0.0222 e. The van der Waals surface area contributed by atoms with Crippen LogP contribution in [0, 0.1) is 13.8 Å². The van der Waals surface area contributed by atoms with E-state index in [1.807, 2.05) is 0 Å². The lowest BCUT2D eigenvalue weighted by atomic mass is 10.0. The van der Waals surface area contributed by atoms with E-state index in [0.717, 1.165) is 13.0 Å². The molecule has 0 aromatic heterocycles. The molecule has 0 fully saturated rings. The molecule has 1 N–H and O–H groups in total. The van der Waals surface area contributed by atoms with E-state index in [-0.39, 0.29) is 0 Å². The van der Waals surface area contributed by atoms with Crippen LogP contribution in [0.2, 0.25) is 0 Å². The molecule has 0 spiro atoms. The van der Waals surface area contributed by atoms with E-state index >= 15 is 0 Å². The molecule has 0 heterocycles. The average Bonchev–Trinajstić information content (AvgIpc) is 2.40. The van der Waals surface area contributed by atoms with Crippen molar-refractivity contribution in [3.63, 3.8) is 0 Å². The third-order valence-electron chi connectivity index (χ3n) is 3.64. The van der Waals surface area contributed by atoms with Crippen molar-refractivity contribution in [3.05, 3.63) is 69.2 Å². The number of hydrogen-bond acceptors (Lipinski definition) is 1. The summed E-state index contributed by atoms with van der Waals surface area (Å²) in [6.07, 6.45) is 1.07. The van der Waals surface area contributed by atoms with Gasteiger partial charge in [0.05, 0.1) is 0 Å². The second kappa shape index (κ2) is 7.05. The minimum absolute atomic E-state index is 0.462. The molecule has 2 heteroatoms. The highest BCUT2D eigenvalue weighted by Gasteiger charge is 2.06. The van der Waals surface area contributed by atoms with E-state index in [1.165, 1.54) is 26.7 Å². The highest BCUT2D eigenvalue weighted by atomic mass is 79.9. The van der Waals surface area contributed by atoms with E-state index in [0.29, 0.717) is 6.04 Å². The van der Waals surface area contributed by atoms with Crippen LogP contribution in [0.4, 0.5) is 0 Å². The molecular weight excluding hydrogens is 310 g/mol. The van der Waals surface area contributed by atoms with Crippen LogP contribution in [0.1, 0.15) is 29.2 Å². The Labute approximate surface area is 130 Å². The zero-order valence-corrected chi connectivity index (χ0v) is 14.0. The normalized spacial score (nSPS) is 12.4. The van der Waals surface area contributed by atoms with Crippen molar-refractivity contribution in [1.82, 2.24) is 5.32 Å². The van der Waals surface area contributed by atoms with Crippen LogP contribution in [0.5, 0.6) is 0 Å². The lowest BCUT2D eigenvalue weighted by Crippen LogP contribution is -2.28. The quantitative estimate of drug-likeness (QED) is 0.830. The van der Waals surface area contributed by atoms with Crippen LogP contribution >= 0.6 is 15.9 Å². The molecule has 0 bridgehead atoms. The molecule has 0 saturated heterocycles. The van der Waals surface area contributed by atoms with Gasteiger partial charge in [0.2, 0.25) is 0 Å². The van der Waals surface area contributed by atoms with Gasteiger partial charge < -0.3 is 5.32 Å². The Hall–Kier alpha value is -1.12. The Morgan fingerprint density at radius 2 is 1.80 bits per heavy atom. The van der Waals surface area contributed by atoms with Gasteiger partial charge in [-0.15, -0.1) is 0 Å². The van der Waals surface area contributed by atoms with Crippen molar-refractivity contribution in [1.29, 1.82) is 0 Å². The Balaban J connectivity index is 1.92. The first kappa shape index (κ1) is 15.3. The van der Waals surface area contributed by atoms with E-state index in [9.17, 15) is 0 Å². The van der Waals surface area contributed by atoms with Crippen LogP contribution in [0.25, 0.3) is 0 Å². The number of benzene rings is 2. The summed E-state index contributed by atoms with van der Waals surface area (Å²) in [4.78, 5) is 0. The summed E-state index contributed by atoms with van der Waals surface area (Å²) in [6, 6.07) is 15.6. The zero-order valence-electron chi connectivity index (χ0n) is 12.4. The van der Waals surface area contributed by atoms with Crippen molar-refractivity contribution < 1.29 is 0 Å². The fraction of sp³-hybridized carbons (Fsp3) is 0.333. The highest BCUT2D eigenvalue weighted by molar-refractivity contribution is 9.10. The molecule has 20 heavy (non-hydrogen) atoms. The van der Waals surface area contributed by atoms with Crippen LogP contribution < -0.4 is 5.32 Å². The monoisotopic (exact) mass is 331 g/mol. The van der Waals surface area contributed by atoms with Crippen LogP contribution in [-0.2, 0) is 13.0 Å². The highest BCUT2D eigenvalue weighted by Crippen LogP contribution is 2.18. The van der Waals surface area contributed by atoms with Gasteiger partial charge in [-0.25, -0.2) is 0 Å². The van der Waals surface area contributed by atoms with Gasteiger partial charge in [-0.2, -0.15) is 0 Å². The second-order valence-electron chi connectivity index (χ2n) is 5.51. The van der Waals surface area contributed by atoms with Gasteiger partial charge in [-0.1, -0.05) is 52.3 Å². The molecule has 0 aliphatic heterocycles. The minimum Gasteiger partial charge on any atom is -0.310 e. The van der Waals surface area contributed by atoms with Crippen LogP contribution in [0.3, 0.4) is 0 Å². The van der Waals surface area contributed by atoms with Crippen molar-refractivity contribution in [3.8, 4) is 0 Å². The number of rotatable bonds is 5. The first-order valence-electron chi connectivity index (χ1n) is 7.09. The minimum atomic E-state index is 0.462. The Morgan fingerprint density at radius 3 is 2.50 bits per heavy atom. The summed E-state index contributed by atoms with van der Waals surface area (Å²) in [5.74, 6) is 0. The molecule has 0 saturated carbocycles. The van der Waals surface area contributed by atoms with Gasteiger partial charge in [0, 0.05) is 17.1 Å². The maximum absolute atomic E-state index is 3.64. The zero-order chi connectivity index (χ0) is 14.5. The fourth-order valence-electron chi connectivity index (χ4n) is 2.32. The fourth-order valence-corrected chi connectivity index (χ4v) is 2.95. The molecule has 0 aliphatic rings. The largest absolute Gasteiger partial charge is 0.310 e. The second-order valence-corrected chi connectivity index (χ2v) is 6.36. The van der Waals surface area contributed by atoms with Crippen molar-refractivity contribution >= 4 is 15.9 Å². The maximum atomic E-state index is 3.64. The molecule has 106 valence electrons. The third kappa shape index (κ3) is 4.19. The van der Waals surface area contributed by atoms with E-state index in [1.54, 1.807) is 0 Å². The van der Waals surface area contributed by atoms with Crippen molar-refractivity contribution in [2.75, 3.05) is 0 Å². The van der Waals surface area contributed by atoms with Gasteiger partial charge in [0.25, 0.3) is 0 Å². The average molecular weight is 332 g/mol. The first-order valence-corrected chi connectivity index (χ1v) is 7.88. The summed E-state index contributed by atoms with van der Waals surface area (Å²) in [6.45, 7) is 7.43. The number of halogens is 1. The van der Waals surface area contributed by atoms with Crippen LogP contribution in [-0.4, -0.2) is 6.04 Å². The predicted molar refractivity (Wildman–Crippen MR) is 90.1 cm³/mol. The lowest BCUT2D eigenvalue weighted by Gasteiger charge is -2.16. The molecule has 1 nitrogen and oxygen atoms in total. The third-order valence-corrected chi connectivity index (χ3v) is 4.38. The lowest BCUT2D eigenvalue weighted by molar-refractivity contribution is 0.544. The standard InChI is InChI=1S/C18H22BrN/c1-13-8-9-17(18(19)10-13)12-20-15(3)11-16-7-5-4-6-14(16)2/h4-10,15,20H,11-12H2,1-3H3. The molecule has 1 unspecified atom stereocenters. The topological polar surface area (TPSA) is 12.0 Å². The predicted octanol–water partition coefficient (Wildman–Crippen LogP) is 4.79. The number of nitrogens with one attached hydrogen (secondary N) is 1. The Bertz CT molecular complexity index is 577. The summed E-state index contributed by atoms with van der Waals surface area (Å²) >= 11 is 3.64. The number of hydrogen-bond donors (Lipinski definition) is 1. The van der Waals surface area contributed by atoms with Gasteiger partial charge in [0.15, 0.2) is 0 Å². The summed E-state index contributed by atoms with van der Waals surface area (Å²) in [5.41, 5.74) is 5.40. The molecule has 2 rings (SSSR count). The van der Waals surface area contributed by atoms with Crippen molar-refractivity contribution in [2.45, 2.75) is 39.8 Å². The van der Waals surface area contributed by atoms with E-state index in [2.05, 4.69) is 84.5 Å². The van der Waals surface area contributed by atoms with Gasteiger partial charge in [-0.3, -0.25) is 0 Å². The maximum Gasteiger partial charge on any atom is 0.0222 e. The van der Waals surface area contributed by atoms with E-state index < -0.39 is 0 Å². The van der Waals surface area contributed by atoms with Gasteiger partial charge in [-0.05, 0) is 55.5 Å². The SMILES string of the molecule is Cc1ccc(CNC(C)Cc2ccccc2C)c(Br)c1.